The van der Waals surface area contributed by atoms with E-state index in [-0.39, 0.29) is 17.9 Å². The van der Waals surface area contributed by atoms with Crippen molar-refractivity contribution in [2.24, 2.45) is 0 Å². The molecular formula is C18H26F3N5O4. The normalized spacial score (nSPS) is 15.6. The molecule has 1 aromatic rings. The molecule has 0 unspecified atom stereocenters. The maximum absolute atomic E-state index is 11.8. The molecule has 30 heavy (non-hydrogen) atoms. The van der Waals surface area contributed by atoms with Gasteiger partial charge in [-0.25, -0.2) is 14.8 Å². The predicted octanol–water partition coefficient (Wildman–Crippen LogP) is 1.57. The van der Waals surface area contributed by atoms with Gasteiger partial charge in [-0.15, -0.1) is 0 Å². The average molecular weight is 433 g/mol. The molecule has 0 saturated carbocycles. The minimum Gasteiger partial charge on any atom is -0.475 e. The van der Waals surface area contributed by atoms with Crippen LogP contribution in [0.25, 0.3) is 0 Å². The first-order valence-corrected chi connectivity index (χ1v) is 9.48. The van der Waals surface area contributed by atoms with Crippen LogP contribution >= 0.6 is 0 Å². The standard InChI is InChI=1S/C16H25N5O2.C2HF3O2/c1-3-4-5-13-19-11(2)10-14(21-13)17-8-9-18-16(23)12-6-7-15(22)20-12;3-2(4,5)1(6)7/h10,12H,3-9H2,1-2H3,(H,18,23)(H,20,22)(H,17,19,21);(H,6,7)/t12-;/m1./s1. The maximum Gasteiger partial charge on any atom is 0.490 e. The Balaban J connectivity index is 0.000000553. The lowest BCUT2D eigenvalue weighted by molar-refractivity contribution is -0.192. The van der Waals surface area contributed by atoms with Crippen molar-refractivity contribution in [2.45, 2.75) is 58.2 Å². The average Bonchev–Trinajstić information content (AvgIpc) is 3.09. The third-order valence-corrected chi connectivity index (χ3v) is 3.94. The molecule has 1 aliphatic heterocycles. The van der Waals surface area contributed by atoms with Gasteiger partial charge < -0.3 is 21.1 Å². The van der Waals surface area contributed by atoms with E-state index in [1.54, 1.807) is 0 Å². The van der Waals surface area contributed by atoms with Gasteiger partial charge in [0.2, 0.25) is 11.8 Å². The van der Waals surface area contributed by atoms with Crippen LogP contribution in [0.4, 0.5) is 19.0 Å². The summed E-state index contributed by atoms with van der Waals surface area (Å²) >= 11 is 0. The van der Waals surface area contributed by atoms with Gasteiger partial charge in [-0.3, -0.25) is 9.59 Å². The highest BCUT2D eigenvalue weighted by Crippen LogP contribution is 2.13. The zero-order chi connectivity index (χ0) is 22.7. The summed E-state index contributed by atoms with van der Waals surface area (Å²) in [5.41, 5.74) is 0.936. The molecule has 0 aromatic carbocycles. The molecule has 12 heteroatoms. The molecule has 0 radical (unpaired) electrons. The Morgan fingerprint density at radius 1 is 1.30 bits per heavy atom. The summed E-state index contributed by atoms with van der Waals surface area (Å²) < 4.78 is 31.7. The van der Waals surface area contributed by atoms with Crippen LogP contribution in [0.2, 0.25) is 0 Å². The van der Waals surface area contributed by atoms with Crippen molar-refractivity contribution in [3.05, 3.63) is 17.6 Å². The number of halogens is 3. The fraction of sp³-hybridized carbons (Fsp3) is 0.611. The van der Waals surface area contributed by atoms with Crippen molar-refractivity contribution in [3.63, 3.8) is 0 Å². The number of carbonyl (C=O) groups excluding carboxylic acids is 2. The van der Waals surface area contributed by atoms with Crippen LogP contribution < -0.4 is 16.0 Å². The fourth-order valence-corrected chi connectivity index (χ4v) is 2.48. The SMILES string of the molecule is CCCCc1nc(C)cc(NCCNC(=O)[C@H]2CCC(=O)N2)n1.O=C(O)C(F)(F)F. The van der Waals surface area contributed by atoms with E-state index >= 15 is 0 Å². The van der Waals surface area contributed by atoms with Gasteiger partial charge >= 0.3 is 12.1 Å². The van der Waals surface area contributed by atoms with Crippen molar-refractivity contribution >= 4 is 23.6 Å². The number of aromatic nitrogens is 2. The van der Waals surface area contributed by atoms with Crippen LogP contribution in [-0.2, 0) is 20.8 Å². The number of amides is 2. The molecule has 0 bridgehead atoms. The number of carbonyl (C=O) groups is 3. The number of rotatable bonds is 8. The van der Waals surface area contributed by atoms with Crippen molar-refractivity contribution in [2.75, 3.05) is 18.4 Å². The Hall–Kier alpha value is -2.92. The van der Waals surface area contributed by atoms with Gasteiger partial charge in [0.15, 0.2) is 0 Å². The summed E-state index contributed by atoms with van der Waals surface area (Å²) in [4.78, 5) is 40.7. The summed E-state index contributed by atoms with van der Waals surface area (Å²) in [7, 11) is 0. The smallest absolute Gasteiger partial charge is 0.475 e. The summed E-state index contributed by atoms with van der Waals surface area (Å²) in [6.07, 6.45) is -1.01. The lowest BCUT2D eigenvalue weighted by Crippen LogP contribution is -2.43. The third-order valence-electron chi connectivity index (χ3n) is 3.94. The number of hydrogen-bond donors (Lipinski definition) is 4. The molecule has 9 nitrogen and oxygen atoms in total. The van der Waals surface area contributed by atoms with Crippen LogP contribution in [0.1, 0.15) is 44.1 Å². The summed E-state index contributed by atoms with van der Waals surface area (Å²) in [5.74, 6) is -1.30. The molecule has 0 aliphatic carbocycles. The minimum absolute atomic E-state index is 0.0562. The maximum atomic E-state index is 11.8. The van der Waals surface area contributed by atoms with Gasteiger partial charge in [0.25, 0.3) is 0 Å². The fourth-order valence-electron chi connectivity index (χ4n) is 2.48. The highest BCUT2D eigenvalue weighted by molar-refractivity contribution is 5.90. The lowest BCUT2D eigenvalue weighted by atomic mass is 10.2. The van der Waals surface area contributed by atoms with Crippen LogP contribution in [0.15, 0.2) is 6.07 Å². The van der Waals surface area contributed by atoms with Crippen molar-refractivity contribution in [3.8, 4) is 0 Å². The van der Waals surface area contributed by atoms with Gasteiger partial charge in [-0.2, -0.15) is 13.2 Å². The Labute approximate surface area is 171 Å². The summed E-state index contributed by atoms with van der Waals surface area (Å²) in [6, 6.07) is 1.51. The molecule has 2 rings (SSSR count). The molecule has 4 N–H and O–H groups in total. The third kappa shape index (κ3) is 9.52. The second kappa shape index (κ2) is 11.9. The summed E-state index contributed by atoms with van der Waals surface area (Å²) in [5, 5.41) is 15.8. The Morgan fingerprint density at radius 3 is 2.50 bits per heavy atom. The zero-order valence-electron chi connectivity index (χ0n) is 16.8. The molecular weight excluding hydrogens is 407 g/mol. The number of aliphatic carboxylic acids is 1. The lowest BCUT2D eigenvalue weighted by Gasteiger charge is -2.12. The first-order valence-electron chi connectivity index (χ1n) is 9.48. The first kappa shape index (κ1) is 25.1. The molecule has 1 saturated heterocycles. The zero-order valence-corrected chi connectivity index (χ0v) is 16.8. The van der Waals surface area contributed by atoms with Gasteiger partial charge in [0.05, 0.1) is 0 Å². The van der Waals surface area contributed by atoms with Gasteiger partial charge in [-0.1, -0.05) is 13.3 Å². The molecule has 2 amide bonds. The van der Waals surface area contributed by atoms with Crippen LogP contribution in [0.5, 0.6) is 0 Å². The number of nitrogens with one attached hydrogen (secondary N) is 3. The van der Waals surface area contributed by atoms with Gasteiger partial charge in [0.1, 0.15) is 17.7 Å². The number of nitrogens with zero attached hydrogens (tertiary/aromatic N) is 2. The molecule has 1 fully saturated rings. The Kier molecular flexibility index (Phi) is 9.99. The quantitative estimate of drug-likeness (QED) is 0.457. The van der Waals surface area contributed by atoms with Gasteiger partial charge in [-0.05, 0) is 19.8 Å². The first-order chi connectivity index (χ1) is 14.0. The van der Waals surface area contributed by atoms with E-state index in [9.17, 15) is 22.8 Å². The van der Waals surface area contributed by atoms with E-state index in [1.165, 1.54) is 0 Å². The van der Waals surface area contributed by atoms with E-state index in [0.717, 1.165) is 36.6 Å². The summed E-state index contributed by atoms with van der Waals surface area (Å²) in [6.45, 7) is 5.16. The van der Waals surface area contributed by atoms with E-state index in [2.05, 4.69) is 32.8 Å². The number of alkyl halides is 3. The monoisotopic (exact) mass is 433 g/mol. The highest BCUT2D eigenvalue weighted by atomic mass is 19.4. The number of unbranched alkanes of at least 4 members (excludes halogenated alkanes) is 1. The Bertz CT molecular complexity index is 743. The van der Waals surface area contributed by atoms with E-state index in [0.29, 0.717) is 25.9 Å². The minimum atomic E-state index is -5.08. The van der Waals surface area contributed by atoms with Crippen molar-refractivity contribution < 1.29 is 32.7 Å². The molecule has 1 aromatic heterocycles. The largest absolute Gasteiger partial charge is 0.490 e. The van der Waals surface area contributed by atoms with E-state index in [1.807, 2.05) is 13.0 Å². The Morgan fingerprint density at radius 2 is 1.97 bits per heavy atom. The van der Waals surface area contributed by atoms with Crippen molar-refractivity contribution in [1.82, 2.24) is 20.6 Å². The second-order valence-corrected chi connectivity index (χ2v) is 6.59. The van der Waals surface area contributed by atoms with Crippen LogP contribution in [0.3, 0.4) is 0 Å². The topological polar surface area (TPSA) is 133 Å². The molecule has 1 aliphatic rings. The predicted molar refractivity (Wildman–Crippen MR) is 102 cm³/mol. The number of carboxylic acid groups (broad SMARTS) is 1. The van der Waals surface area contributed by atoms with Gasteiger partial charge in [0, 0.05) is 37.7 Å². The van der Waals surface area contributed by atoms with E-state index in [4.69, 9.17) is 9.90 Å². The molecule has 2 heterocycles. The van der Waals surface area contributed by atoms with Crippen molar-refractivity contribution in [1.29, 1.82) is 0 Å². The number of hydrogen-bond acceptors (Lipinski definition) is 6. The van der Waals surface area contributed by atoms with Crippen LogP contribution in [-0.4, -0.2) is 58.2 Å². The molecule has 168 valence electrons. The second-order valence-electron chi connectivity index (χ2n) is 6.59. The molecule has 0 spiro atoms. The number of anilines is 1. The van der Waals surface area contributed by atoms with E-state index < -0.39 is 12.1 Å². The molecule has 1 atom stereocenters. The number of carboxylic acids is 1. The highest BCUT2D eigenvalue weighted by Gasteiger charge is 2.38. The van der Waals surface area contributed by atoms with Crippen LogP contribution in [0, 0.1) is 6.92 Å². The number of aryl methyl sites for hydroxylation is 2.